The molecule has 0 spiro atoms. The molecule has 0 amide bonds. The van der Waals surface area contributed by atoms with E-state index in [1.165, 1.54) is 0 Å². The summed E-state index contributed by atoms with van der Waals surface area (Å²) in [6.45, 7) is 0.163. The van der Waals surface area contributed by atoms with E-state index in [4.69, 9.17) is 10.00 Å². The molecule has 1 aliphatic heterocycles. The van der Waals surface area contributed by atoms with E-state index in [0.717, 1.165) is 0 Å². The zero-order valence-corrected chi connectivity index (χ0v) is 7.12. The third-order valence-corrected chi connectivity index (χ3v) is 1.52. The maximum Gasteiger partial charge on any atom is 0.335 e. The van der Waals surface area contributed by atoms with E-state index < -0.39 is 0 Å². The number of hydrogen-bond donors (Lipinski definition) is 1. The molecule has 68 valence electrons. The molecule has 13 heavy (non-hydrogen) atoms. The molecule has 0 radical (unpaired) electrons. The lowest BCUT2D eigenvalue weighted by molar-refractivity contribution is -0.138. The fourth-order valence-electron chi connectivity index (χ4n) is 0.886. The van der Waals surface area contributed by atoms with Crippen molar-refractivity contribution in [2.45, 2.75) is 12.8 Å². The van der Waals surface area contributed by atoms with Crippen LogP contribution in [0.15, 0.2) is 24.0 Å². The Balaban J connectivity index is 2.31. The third kappa shape index (κ3) is 2.99. The van der Waals surface area contributed by atoms with Gasteiger partial charge in [0.2, 0.25) is 0 Å². The van der Waals surface area contributed by atoms with Crippen molar-refractivity contribution in [1.29, 1.82) is 5.26 Å². The van der Waals surface area contributed by atoms with Gasteiger partial charge in [-0.15, -0.1) is 0 Å². The summed E-state index contributed by atoms with van der Waals surface area (Å²) < 4.78 is 4.82. The molecule has 0 aliphatic carbocycles. The van der Waals surface area contributed by atoms with Crippen molar-refractivity contribution in [1.82, 2.24) is 5.32 Å². The summed E-state index contributed by atoms with van der Waals surface area (Å²) in [7, 11) is 0. The Morgan fingerprint density at radius 3 is 3.23 bits per heavy atom. The zero-order chi connectivity index (χ0) is 9.52. The number of carbonyl (C=O) groups excluding carboxylic acids is 1. The molecule has 4 nitrogen and oxygen atoms in total. The molecular formula is C9H10N2O2. The second-order valence-corrected chi connectivity index (χ2v) is 2.49. The standard InChI is InChI=1S/C9H10N2O2/c10-4-2-6-13-9(12)8-3-1-5-11-7-8/h1,5,7,11H,2-3,6H2. The van der Waals surface area contributed by atoms with Crippen LogP contribution in [-0.2, 0) is 9.53 Å². The third-order valence-electron chi connectivity index (χ3n) is 1.52. The van der Waals surface area contributed by atoms with Crippen molar-refractivity contribution >= 4 is 5.97 Å². The Kier molecular flexibility index (Phi) is 3.58. The normalized spacial score (nSPS) is 13.9. The number of carbonyl (C=O) groups is 1. The molecule has 1 aliphatic rings. The van der Waals surface area contributed by atoms with E-state index in [9.17, 15) is 4.79 Å². The summed E-state index contributed by atoms with van der Waals surface area (Å²) in [5, 5.41) is 11.0. The molecule has 0 saturated carbocycles. The number of esters is 1. The number of nitrogens with one attached hydrogen (secondary N) is 1. The molecule has 0 aromatic carbocycles. The van der Waals surface area contributed by atoms with Crippen molar-refractivity contribution in [2.24, 2.45) is 0 Å². The first-order chi connectivity index (χ1) is 6.34. The molecule has 0 fully saturated rings. The Morgan fingerprint density at radius 2 is 2.62 bits per heavy atom. The summed E-state index contributed by atoms with van der Waals surface area (Å²) in [6.07, 6.45) is 6.02. The van der Waals surface area contributed by atoms with Crippen LogP contribution in [0.2, 0.25) is 0 Å². The van der Waals surface area contributed by atoms with Gasteiger partial charge in [0.1, 0.15) is 6.61 Å². The van der Waals surface area contributed by atoms with Crippen molar-refractivity contribution in [2.75, 3.05) is 6.61 Å². The van der Waals surface area contributed by atoms with Crippen LogP contribution in [0.3, 0.4) is 0 Å². The second kappa shape index (κ2) is 4.99. The highest BCUT2D eigenvalue weighted by molar-refractivity contribution is 5.88. The smallest absolute Gasteiger partial charge is 0.335 e. The van der Waals surface area contributed by atoms with Crippen LogP contribution in [-0.4, -0.2) is 12.6 Å². The largest absolute Gasteiger partial charge is 0.461 e. The number of nitrogens with zero attached hydrogens (tertiary/aromatic N) is 1. The average molecular weight is 178 g/mol. The van der Waals surface area contributed by atoms with Crippen LogP contribution in [0.4, 0.5) is 0 Å². The summed E-state index contributed by atoms with van der Waals surface area (Å²) in [4.78, 5) is 11.2. The first kappa shape index (κ1) is 9.33. The minimum atomic E-state index is -0.355. The van der Waals surface area contributed by atoms with Crippen LogP contribution >= 0.6 is 0 Å². The summed E-state index contributed by atoms with van der Waals surface area (Å²) >= 11 is 0. The number of rotatable bonds is 3. The van der Waals surface area contributed by atoms with Crippen LogP contribution < -0.4 is 5.32 Å². The molecule has 0 bridgehead atoms. The molecule has 1 N–H and O–H groups in total. The van der Waals surface area contributed by atoms with E-state index in [0.29, 0.717) is 12.0 Å². The van der Waals surface area contributed by atoms with E-state index in [-0.39, 0.29) is 19.0 Å². The number of allylic oxidation sites excluding steroid dienone is 1. The molecule has 0 saturated heterocycles. The van der Waals surface area contributed by atoms with E-state index >= 15 is 0 Å². The lowest BCUT2D eigenvalue weighted by atomic mass is 10.2. The van der Waals surface area contributed by atoms with Crippen LogP contribution in [0, 0.1) is 11.3 Å². The van der Waals surface area contributed by atoms with Crippen LogP contribution in [0.1, 0.15) is 12.8 Å². The monoisotopic (exact) mass is 178 g/mol. The van der Waals surface area contributed by atoms with Gasteiger partial charge in [0, 0.05) is 12.6 Å². The minimum absolute atomic E-state index is 0.163. The van der Waals surface area contributed by atoms with E-state index in [1.54, 1.807) is 12.4 Å². The molecular weight excluding hydrogens is 168 g/mol. The highest BCUT2D eigenvalue weighted by Gasteiger charge is 2.10. The molecule has 0 aromatic heterocycles. The fraction of sp³-hybridized carbons (Fsp3) is 0.333. The first-order valence-electron chi connectivity index (χ1n) is 3.99. The topological polar surface area (TPSA) is 62.1 Å². The first-order valence-corrected chi connectivity index (χ1v) is 3.99. The van der Waals surface area contributed by atoms with Gasteiger partial charge in [0.05, 0.1) is 18.1 Å². The van der Waals surface area contributed by atoms with Gasteiger partial charge >= 0.3 is 5.97 Å². The SMILES string of the molecule is N#CCCOC(=O)C1=CNC=CC1. The van der Waals surface area contributed by atoms with Gasteiger partial charge in [-0.1, -0.05) is 6.08 Å². The van der Waals surface area contributed by atoms with Crippen LogP contribution in [0.5, 0.6) is 0 Å². The van der Waals surface area contributed by atoms with Crippen molar-refractivity contribution in [3.8, 4) is 6.07 Å². The Labute approximate surface area is 76.5 Å². The maximum absolute atomic E-state index is 11.2. The molecule has 4 heteroatoms. The Bertz CT molecular complexity index is 286. The fourth-order valence-corrected chi connectivity index (χ4v) is 0.886. The summed E-state index contributed by atoms with van der Waals surface area (Å²) in [6, 6.07) is 1.90. The predicted molar refractivity (Wildman–Crippen MR) is 46.2 cm³/mol. The van der Waals surface area contributed by atoms with Gasteiger partial charge in [0.25, 0.3) is 0 Å². The Morgan fingerprint density at radius 1 is 1.77 bits per heavy atom. The van der Waals surface area contributed by atoms with Gasteiger partial charge in [0.15, 0.2) is 0 Å². The van der Waals surface area contributed by atoms with E-state index in [2.05, 4.69) is 5.32 Å². The number of ether oxygens (including phenoxy) is 1. The molecule has 0 unspecified atom stereocenters. The molecule has 1 heterocycles. The average Bonchev–Trinajstić information content (AvgIpc) is 2.19. The predicted octanol–water partition coefficient (Wildman–Crippen LogP) is 0.834. The lowest BCUT2D eigenvalue weighted by Gasteiger charge is -2.07. The second-order valence-electron chi connectivity index (χ2n) is 2.49. The van der Waals surface area contributed by atoms with Gasteiger partial charge in [-0.05, 0) is 6.20 Å². The molecule has 0 aromatic rings. The highest BCUT2D eigenvalue weighted by atomic mass is 16.5. The minimum Gasteiger partial charge on any atom is -0.461 e. The van der Waals surface area contributed by atoms with Gasteiger partial charge in [-0.2, -0.15) is 5.26 Å². The highest BCUT2D eigenvalue weighted by Crippen LogP contribution is 2.07. The van der Waals surface area contributed by atoms with E-state index in [1.807, 2.05) is 12.1 Å². The quantitative estimate of drug-likeness (QED) is 0.513. The van der Waals surface area contributed by atoms with Gasteiger partial charge in [-0.3, -0.25) is 0 Å². The van der Waals surface area contributed by atoms with Crippen LogP contribution in [0.25, 0.3) is 0 Å². The number of nitriles is 1. The van der Waals surface area contributed by atoms with Crippen molar-refractivity contribution in [3.05, 3.63) is 24.0 Å². The number of dihydropyridines is 1. The van der Waals surface area contributed by atoms with Gasteiger partial charge in [-0.25, -0.2) is 4.79 Å². The zero-order valence-electron chi connectivity index (χ0n) is 7.12. The summed E-state index contributed by atoms with van der Waals surface area (Å²) in [5.74, 6) is -0.355. The van der Waals surface area contributed by atoms with Crippen molar-refractivity contribution in [3.63, 3.8) is 0 Å². The van der Waals surface area contributed by atoms with Crippen molar-refractivity contribution < 1.29 is 9.53 Å². The number of hydrogen-bond acceptors (Lipinski definition) is 4. The molecule has 0 atom stereocenters. The summed E-state index contributed by atoms with van der Waals surface area (Å²) in [5.41, 5.74) is 0.584. The van der Waals surface area contributed by atoms with Gasteiger partial charge < -0.3 is 10.1 Å². The molecule has 1 rings (SSSR count). The Hall–Kier alpha value is -1.76. The maximum atomic E-state index is 11.2. The lowest BCUT2D eigenvalue weighted by Crippen LogP contribution is -2.13.